The summed E-state index contributed by atoms with van der Waals surface area (Å²) in [5.74, 6) is 0.334. The summed E-state index contributed by atoms with van der Waals surface area (Å²) in [6, 6.07) is 7.22. The molecule has 0 heterocycles. The molecule has 0 atom stereocenters. The van der Waals surface area contributed by atoms with Crippen LogP contribution in [0.1, 0.15) is 15.9 Å². The maximum atomic E-state index is 12.4. The van der Waals surface area contributed by atoms with E-state index in [0.29, 0.717) is 22.1 Å². The molecule has 0 aliphatic rings. The van der Waals surface area contributed by atoms with Crippen molar-refractivity contribution in [1.29, 1.82) is 0 Å². The Kier molecular flexibility index (Phi) is 7.01. The molecule has 0 aromatic heterocycles. The van der Waals surface area contributed by atoms with Gasteiger partial charge in [-0.25, -0.2) is 0 Å². The molecule has 0 saturated carbocycles. The van der Waals surface area contributed by atoms with Gasteiger partial charge in [0.05, 0.1) is 26.4 Å². The summed E-state index contributed by atoms with van der Waals surface area (Å²) in [5.41, 5.74) is 0.868. The number of benzene rings is 2. The largest absolute Gasteiger partial charge is 0.493 e. The van der Waals surface area contributed by atoms with Crippen LogP contribution in [0.25, 0.3) is 6.08 Å². The minimum atomic E-state index is -2.99. The van der Waals surface area contributed by atoms with Gasteiger partial charge in [-0.2, -0.15) is 8.78 Å². The van der Waals surface area contributed by atoms with E-state index in [4.69, 9.17) is 25.8 Å². The van der Waals surface area contributed by atoms with Crippen molar-refractivity contribution in [2.45, 2.75) is 6.61 Å². The highest BCUT2D eigenvalue weighted by molar-refractivity contribution is 6.32. The molecule has 2 rings (SSSR count). The van der Waals surface area contributed by atoms with E-state index >= 15 is 0 Å². The maximum absolute atomic E-state index is 12.4. The van der Waals surface area contributed by atoms with E-state index in [-0.39, 0.29) is 22.8 Å². The summed E-state index contributed by atoms with van der Waals surface area (Å²) >= 11 is 6.13. The molecule has 0 amide bonds. The highest BCUT2D eigenvalue weighted by Gasteiger charge is 2.14. The lowest BCUT2D eigenvalue weighted by Gasteiger charge is -2.11. The molecule has 0 aliphatic heterocycles. The Bertz CT molecular complexity index is 852. The zero-order valence-electron chi connectivity index (χ0n) is 14.8. The van der Waals surface area contributed by atoms with E-state index in [1.165, 1.54) is 45.6 Å². The third-order valence-electron chi connectivity index (χ3n) is 3.55. The normalized spacial score (nSPS) is 10.9. The number of hydrogen-bond donors (Lipinski definition) is 0. The minimum absolute atomic E-state index is 0.0312. The summed E-state index contributed by atoms with van der Waals surface area (Å²) in [4.78, 5) is 12.4. The first-order valence-corrected chi connectivity index (χ1v) is 8.04. The number of carbonyl (C=O) groups excluding carboxylic acids is 1. The fraction of sp³-hybridized carbons (Fsp3) is 0.211. The molecule has 0 saturated heterocycles. The van der Waals surface area contributed by atoms with Crippen LogP contribution in [0.15, 0.2) is 36.4 Å². The van der Waals surface area contributed by atoms with E-state index in [0.717, 1.165) is 0 Å². The van der Waals surface area contributed by atoms with Crippen LogP contribution >= 0.6 is 11.6 Å². The summed E-state index contributed by atoms with van der Waals surface area (Å²) in [6.45, 7) is -2.99. The molecule has 0 spiro atoms. The van der Waals surface area contributed by atoms with E-state index in [9.17, 15) is 13.6 Å². The van der Waals surface area contributed by atoms with Gasteiger partial charge in [0, 0.05) is 5.56 Å². The molecule has 0 aliphatic carbocycles. The number of alkyl halides is 2. The van der Waals surface area contributed by atoms with Crippen LogP contribution in [0, 0.1) is 0 Å². The first-order chi connectivity index (χ1) is 12.9. The average molecular weight is 399 g/mol. The van der Waals surface area contributed by atoms with Gasteiger partial charge in [-0.3, -0.25) is 4.79 Å². The number of ketones is 1. The Morgan fingerprint density at radius 2 is 1.70 bits per heavy atom. The molecule has 2 aromatic rings. The van der Waals surface area contributed by atoms with Crippen LogP contribution in [0.5, 0.6) is 23.0 Å². The second kappa shape index (κ2) is 9.23. The SMILES string of the molecule is COc1cc(C(=O)/C=C/c2cc(Cl)c(OC)c(OC)c2)ccc1OC(F)F. The fourth-order valence-electron chi connectivity index (χ4n) is 2.32. The number of allylic oxidation sites excluding steroid dienone is 1. The van der Waals surface area contributed by atoms with Crippen LogP contribution < -0.4 is 18.9 Å². The van der Waals surface area contributed by atoms with Crippen molar-refractivity contribution in [3.63, 3.8) is 0 Å². The van der Waals surface area contributed by atoms with Crippen LogP contribution in [-0.4, -0.2) is 33.7 Å². The van der Waals surface area contributed by atoms with Crippen molar-refractivity contribution in [3.05, 3.63) is 52.6 Å². The molecule has 0 unspecified atom stereocenters. The van der Waals surface area contributed by atoms with Gasteiger partial charge < -0.3 is 18.9 Å². The van der Waals surface area contributed by atoms with Crippen molar-refractivity contribution < 1.29 is 32.5 Å². The quantitative estimate of drug-likeness (QED) is 0.469. The first kappa shape index (κ1) is 20.5. The first-order valence-electron chi connectivity index (χ1n) is 7.66. The van der Waals surface area contributed by atoms with Crippen molar-refractivity contribution in [3.8, 4) is 23.0 Å². The summed E-state index contributed by atoms with van der Waals surface area (Å²) in [5, 5.41) is 0.333. The number of carbonyl (C=O) groups is 1. The monoisotopic (exact) mass is 398 g/mol. The Balaban J connectivity index is 2.25. The maximum Gasteiger partial charge on any atom is 0.387 e. The lowest BCUT2D eigenvalue weighted by molar-refractivity contribution is -0.0512. The van der Waals surface area contributed by atoms with E-state index < -0.39 is 6.61 Å². The van der Waals surface area contributed by atoms with Gasteiger partial charge in [0.1, 0.15) is 0 Å². The van der Waals surface area contributed by atoms with Crippen LogP contribution in [-0.2, 0) is 0 Å². The molecule has 144 valence electrons. The van der Waals surface area contributed by atoms with Crippen molar-refractivity contribution in [1.82, 2.24) is 0 Å². The van der Waals surface area contributed by atoms with E-state index in [1.807, 2.05) is 0 Å². The second-order valence-electron chi connectivity index (χ2n) is 5.18. The van der Waals surface area contributed by atoms with Gasteiger partial charge in [-0.15, -0.1) is 0 Å². The molecule has 5 nitrogen and oxygen atoms in total. The minimum Gasteiger partial charge on any atom is -0.493 e. The topological polar surface area (TPSA) is 54.0 Å². The summed E-state index contributed by atoms with van der Waals surface area (Å²) < 4.78 is 44.4. The molecule has 2 aromatic carbocycles. The molecule has 8 heteroatoms. The third kappa shape index (κ3) is 5.10. The van der Waals surface area contributed by atoms with E-state index in [1.54, 1.807) is 18.2 Å². The van der Waals surface area contributed by atoms with Crippen LogP contribution in [0.3, 0.4) is 0 Å². The molecule has 0 N–H and O–H groups in total. The predicted octanol–water partition coefficient (Wildman–Crippen LogP) is 4.86. The van der Waals surface area contributed by atoms with Gasteiger partial charge in [0.2, 0.25) is 0 Å². The molecule has 27 heavy (non-hydrogen) atoms. The van der Waals surface area contributed by atoms with Crippen molar-refractivity contribution in [2.75, 3.05) is 21.3 Å². The lowest BCUT2D eigenvalue weighted by Crippen LogP contribution is -2.04. The number of hydrogen-bond acceptors (Lipinski definition) is 5. The molecular weight excluding hydrogens is 382 g/mol. The third-order valence-corrected chi connectivity index (χ3v) is 3.83. The molecular formula is C19H17ClF2O5. The smallest absolute Gasteiger partial charge is 0.387 e. The number of rotatable bonds is 8. The number of methoxy groups -OCH3 is 3. The van der Waals surface area contributed by atoms with Crippen molar-refractivity contribution >= 4 is 23.5 Å². The number of halogens is 3. The second-order valence-corrected chi connectivity index (χ2v) is 5.59. The fourth-order valence-corrected chi connectivity index (χ4v) is 2.61. The van der Waals surface area contributed by atoms with Gasteiger partial charge in [-0.05, 0) is 42.0 Å². The predicted molar refractivity (Wildman–Crippen MR) is 97.5 cm³/mol. The average Bonchev–Trinajstić information content (AvgIpc) is 2.65. The summed E-state index contributed by atoms with van der Waals surface area (Å²) in [6.07, 6.45) is 2.87. The molecule has 0 fully saturated rings. The zero-order valence-corrected chi connectivity index (χ0v) is 15.5. The molecule has 0 radical (unpaired) electrons. The number of ether oxygens (including phenoxy) is 4. The van der Waals surface area contributed by atoms with Crippen molar-refractivity contribution in [2.24, 2.45) is 0 Å². The Morgan fingerprint density at radius 1 is 1.00 bits per heavy atom. The summed E-state index contributed by atoms with van der Waals surface area (Å²) in [7, 11) is 4.24. The Hall–Kier alpha value is -2.80. The zero-order chi connectivity index (χ0) is 20.0. The Morgan fingerprint density at radius 3 is 2.30 bits per heavy atom. The van der Waals surface area contributed by atoms with Gasteiger partial charge in [-0.1, -0.05) is 17.7 Å². The van der Waals surface area contributed by atoms with E-state index in [2.05, 4.69) is 4.74 Å². The highest BCUT2D eigenvalue weighted by Crippen LogP contribution is 2.36. The Labute approximate surface area is 160 Å². The van der Waals surface area contributed by atoms with Gasteiger partial charge in [0.15, 0.2) is 28.8 Å². The van der Waals surface area contributed by atoms with Crippen LogP contribution in [0.2, 0.25) is 5.02 Å². The van der Waals surface area contributed by atoms with Crippen LogP contribution in [0.4, 0.5) is 8.78 Å². The van der Waals surface area contributed by atoms with Gasteiger partial charge in [0.25, 0.3) is 0 Å². The highest BCUT2D eigenvalue weighted by atomic mass is 35.5. The molecule has 0 bridgehead atoms. The lowest BCUT2D eigenvalue weighted by atomic mass is 10.1. The standard InChI is InChI=1S/C19H17ClF2O5/c1-24-16-10-12(5-7-15(16)27-19(21)22)14(23)6-4-11-8-13(20)18(26-3)17(9-11)25-2/h4-10,19H,1-3H3/b6-4+. The van der Waals surface area contributed by atoms with Gasteiger partial charge >= 0.3 is 6.61 Å².